The summed E-state index contributed by atoms with van der Waals surface area (Å²) in [7, 11) is 5.93. The molecule has 4 heteroatoms. The van der Waals surface area contributed by atoms with Crippen molar-refractivity contribution in [1.29, 1.82) is 1.12 Å². The molecule has 0 heterocycles. The second-order valence-corrected chi connectivity index (χ2v) is 5.61. The number of thiol groups is 1. The minimum atomic E-state index is -0.825. The van der Waals surface area contributed by atoms with Crippen molar-refractivity contribution in [1.82, 2.24) is 0 Å². The Hall–Kier alpha value is 0.675. The largest absolute Gasteiger partial charge is 0.319 e. The summed E-state index contributed by atoms with van der Waals surface area (Å²) in [5.74, 6) is 1.93. The molecule has 1 fully saturated rings. The summed E-state index contributed by atoms with van der Waals surface area (Å²) in [5, 5.41) is 0. The first-order valence-corrected chi connectivity index (χ1v) is 7.24. The highest BCUT2D eigenvalue weighted by atomic mass is 32.5. The molecule has 5 atom stereocenters. The molecule has 1 rings (SSSR count). The van der Waals surface area contributed by atoms with Gasteiger partial charge in [0.15, 0.2) is 7.57 Å². The van der Waals surface area contributed by atoms with Crippen LogP contribution in [0.5, 0.6) is 0 Å². The average molecular weight is 217 g/mol. The van der Waals surface area contributed by atoms with Gasteiger partial charge >= 0.3 is 0 Å². The number of rotatable bonds is 3. The van der Waals surface area contributed by atoms with Gasteiger partial charge in [0, 0.05) is 0 Å². The third kappa shape index (κ3) is 2.81. The highest BCUT2D eigenvalue weighted by Crippen LogP contribution is 2.39. The molecule has 0 aromatic carbocycles. The Kier molecular flexibility index (Phi) is 4.34. The van der Waals surface area contributed by atoms with Crippen LogP contribution in [-0.4, -0.2) is 14.8 Å². The summed E-state index contributed by atoms with van der Waals surface area (Å²) in [6, 6.07) is 0. The Bertz CT molecular complexity index is 227. The second-order valence-electron chi connectivity index (χ2n) is 3.98. The molecule has 0 aromatic rings. The van der Waals surface area contributed by atoms with E-state index in [9.17, 15) is 0 Å². The van der Waals surface area contributed by atoms with Crippen LogP contribution in [0, 0.1) is 17.8 Å². The zero-order valence-corrected chi connectivity index (χ0v) is 10.3. The van der Waals surface area contributed by atoms with Gasteiger partial charge in [0.2, 0.25) is 0 Å². The van der Waals surface area contributed by atoms with Crippen LogP contribution in [0.3, 0.4) is 0 Å². The van der Waals surface area contributed by atoms with Gasteiger partial charge in [0.1, 0.15) is 1.12 Å². The minimum Gasteiger partial charge on any atom is -0.319 e. The van der Waals surface area contributed by atoms with Crippen molar-refractivity contribution in [2.45, 2.75) is 39.7 Å². The topological polar surface area (TPSA) is 9.23 Å². The van der Waals surface area contributed by atoms with Crippen LogP contribution in [0.4, 0.5) is 0 Å². The molecule has 2 radical (unpaired) electrons. The molecule has 13 heavy (non-hydrogen) atoms. The summed E-state index contributed by atoms with van der Waals surface area (Å²) in [6.07, 6.45) is 2.70. The van der Waals surface area contributed by atoms with Crippen molar-refractivity contribution in [3.63, 3.8) is 0 Å². The first kappa shape index (κ1) is 10.2. The van der Waals surface area contributed by atoms with Crippen LogP contribution >= 0.6 is 7.23 Å². The van der Waals surface area contributed by atoms with Crippen molar-refractivity contribution in [2.24, 2.45) is 17.8 Å². The maximum Gasteiger partial charge on any atom is 0.161 e. The fourth-order valence-electron chi connectivity index (χ4n) is 2.41. The molecule has 1 aliphatic carbocycles. The predicted octanol–water partition coefficient (Wildman–Crippen LogP) is 2.75. The molecular formula is C9H18BOPS. The van der Waals surface area contributed by atoms with Crippen LogP contribution < -0.4 is 0 Å². The molecule has 1 unspecified atom stereocenters. The molecule has 74 valence electrons. The normalized spacial score (nSPS) is 43.5. The van der Waals surface area contributed by atoms with E-state index in [1.54, 1.807) is 0 Å². The van der Waals surface area contributed by atoms with E-state index in [2.05, 4.69) is 20.8 Å². The maximum absolute atomic E-state index is 7.56. The van der Waals surface area contributed by atoms with Gasteiger partial charge in [-0.05, 0) is 24.2 Å². The van der Waals surface area contributed by atoms with Crippen molar-refractivity contribution < 1.29 is 4.18 Å². The Morgan fingerprint density at radius 1 is 1.69 bits per heavy atom. The highest BCUT2D eigenvalue weighted by Gasteiger charge is 2.37. The molecule has 0 aromatic heterocycles. The zero-order valence-electron chi connectivity index (χ0n) is 9.56. The smallest absolute Gasteiger partial charge is 0.161 e. The molecule has 0 bridgehead atoms. The van der Waals surface area contributed by atoms with Crippen molar-refractivity contribution in [2.75, 3.05) is 0 Å². The van der Waals surface area contributed by atoms with Crippen LogP contribution in [0.15, 0.2) is 0 Å². The van der Waals surface area contributed by atoms with Crippen LogP contribution in [0.25, 0.3) is 0 Å². The van der Waals surface area contributed by atoms with E-state index in [-0.39, 0.29) is 6.10 Å². The second kappa shape index (κ2) is 5.53. The van der Waals surface area contributed by atoms with E-state index in [1.807, 2.05) is 0 Å². The van der Waals surface area contributed by atoms with Crippen molar-refractivity contribution in [3.8, 4) is 0 Å². The van der Waals surface area contributed by atoms with Crippen molar-refractivity contribution in [3.05, 3.63) is 0 Å². The van der Waals surface area contributed by atoms with Crippen LogP contribution in [0.2, 0.25) is 0 Å². The Morgan fingerprint density at radius 2 is 2.38 bits per heavy atom. The van der Waals surface area contributed by atoms with Gasteiger partial charge < -0.3 is 4.18 Å². The lowest BCUT2D eigenvalue weighted by atomic mass is 9.95. The van der Waals surface area contributed by atoms with E-state index in [0.717, 1.165) is 5.92 Å². The summed E-state index contributed by atoms with van der Waals surface area (Å²) in [4.78, 5) is 0. The van der Waals surface area contributed by atoms with Gasteiger partial charge in [-0.1, -0.05) is 38.3 Å². The highest BCUT2D eigenvalue weighted by molar-refractivity contribution is 8.14. The molecule has 0 spiro atoms. The monoisotopic (exact) mass is 217 g/mol. The average Bonchev–Trinajstić information content (AvgIpc) is 2.44. The summed E-state index contributed by atoms with van der Waals surface area (Å²) >= 11 is -0.825. The minimum absolute atomic E-state index is 0.247. The van der Waals surface area contributed by atoms with E-state index in [0.29, 0.717) is 19.1 Å². The molecule has 1 aliphatic rings. The van der Waals surface area contributed by atoms with Gasteiger partial charge in [-0.25, -0.2) is 0 Å². The zero-order chi connectivity index (χ0) is 10.7. The third-order valence-electron chi connectivity index (χ3n) is 3.22. The summed E-state index contributed by atoms with van der Waals surface area (Å²) in [6.45, 7) is 6.70. The van der Waals surface area contributed by atoms with Crippen molar-refractivity contribution >= 4 is 25.9 Å². The predicted molar refractivity (Wildman–Crippen MR) is 63.0 cm³/mol. The quantitative estimate of drug-likeness (QED) is 0.434. The maximum atomic E-state index is 7.56. The molecule has 0 aliphatic heterocycles. The van der Waals surface area contributed by atoms with Gasteiger partial charge in [0.25, 0.3) is 0 Å². The Morgan fingerprint density at radius 3 is 2.85 bits per heavy atom. The lowest BCUT2D eigenvalue weighted by molar-refractivity contribution is 0.151. The first-order chi connectivity index (χ1) is 6.60. The van der Waals surface area contributed by atoms with Gasteiger partial charge in [0.05, 0.1) is 6.10 Å². The summed E-state index contributed by atoms with van der Waals surface area (Å²) < 4.78 is 13.2. The standard InChI is InChI=1S/C9H18BOPS/c1-4-8-5-6(2)9(7(8)3)11-13-12-10/h6-9,13H,4-5H2,1-3H3/t6-,7-,8+,9+/m1/s1/i13D. The first-order valence-electron chi connectivity index (χ1n) is 5.34. The molecule has 1 nitrogen and oxygen atoms in total. The van der Waals surface area contributed by atoms with Crippen LogP contribution in [0.1, 0.15) is 33.6 Å². The van der Waals surface area contributed by atoms with E-state index in [4.69, 9.17) is 12.9 Å². The molecule has 1 saturated carbocycles. The fourth-order valence-corrected chi connectivity index (χ4v) is 3.37. The van der Waals surface area contributed by atoms with Gasteiger partial charge in [-0.15, -0.1) is 7.23 Å². The fraction of sp³-hybridized carbons (Fsp3) is 1.00. The summed E-state index contributed by atoms with van der Waals surface area (Å²) in [5.41, 5.74) is 0. The molecular weight excluding hydrogens is 198 g/mol. The number of hydrogen-bond acceptors (Lipinski definition) is 1. The van der Waals surface area contributed by atoms with E-state index in [1.165, 1.54) is 12.8 Å². The Balaban J connectivity index is 2.60. The lowest BCUT2D eigenvalue weighted by Gasteiger charge is -2.19. The Labute approximate surface area is 89.1 Å². The van der Waals surface area contributed by atoms with E-state index < -0.39 is 11.1 Å². The lowest BCUT2D eigenvalue weighted by Crippen LogP contribution is -2.21. The third-order valence-corrected chi connectivity index (χ3v) is 4.13. The molecule has 0 amide bonds. The molecule has 0 N–H and O–H groups in total. The molecule has 0 saturated heterocycles. The number of hydrogen-bond donors (Lipinski definition) is 1. The van der Waals surface area contributed by atoms with E-state index >= 15 is 0 Å². The van der Waals surface area contributed by atoms with Crippen LogP contribution in [-0.2, 0) is 15.3 Å². The SMILES string of the molecule is [2H]S(O[C@@H]1[C@H](C)[C@@H](CC)C[C@H]1C)=P[B]. The van der Waals surface area contributed by atoms with Gasteiger partial charge in [-0.2, -0.15) is 0 Å². The van der Waals surface area contributed by atoms with Gasteiger partial charge in [-0.3, -0.25) is 0 Å².